The Morgan fingerprint density at radius 2 is 1.09 bits per heavy atom. The monoisotopic (exact) mass is 295 g/mol. The zero-order chi connectivity index (χ0) is 15.7. The summed E-state index contributed by atoms with van der Waals surface area (Å²) >= 11 is 0. The molecule has 5 nitrogen and oxygen atoms in total. The first-order valence-electron chi connectivity index (χ1n) is 7.05. The van der Waals surface area contributed by atoms with Crippen LogP contribution in [-0.4, -0.2) is 36.9 Å². The first kappa shape index (κ1) is 14.3. The highest BCUT2D eigenvalue weighted by Gasteiger charge is 2.48. The van der Waals surface area contributed by atoms with E-state index in [0.717, 1.165) is 0 Å². The van der Waals surface area contributed by atoms with Crippen LogP contribution in [0.25, 0.3) is 0 Å². The van der Waals surface area contributed by atoms with E-state index < -0.39 is 6.04 Å². The number of hydrazine groups is 1. The van der Waals surface area contributed by atoms with E-state index in [9.17, 15) is 9.59 Å². The standard InChI is InChI=1S/C17H17N3O2/c1-18(2)15-16(21)19(13-9-5-3-6-10-13)20(17(15)22)14-11-7-4-8-12-14/h3-12,15H,1-2H3. The summed E-state index contributed by atoms with van der Waals surface area (Å²) < 4.78 is 0. The van der Waals surface area contributed by atoms with Gasteiger partial charge in [0.25, 0.3) is 11.8 Å². The molecule has 0 bridgehead atoms. The van der Waals surface area contributed by atoms with Gasteiger partial charge in [-0.3, -0.25) is 14.5 Å². The van der Waals surface area contributed by atoms with E-state index in [-0.39, 0.29) is 11.8 Å². The number of para-hydroxylation sites is 2. The third-order valence-corrected chi connectivity index (χ3v) is 3.60. The van der Waals surface area contributed by atoms with Crippen molar-refractivity contribution in [3.05, 3.63) is 60.7 Å². The summed E-state index contributed by atoms with van der Waals surface area (Å²) in [5.41, 5.74) is 1.35. The number of amides is 2. The van der Waals surface area contributed by atoms with E-state index in [1.165, 1.54) is 10.0 Å². The van der Waals surface area contributed by atoms with Crippen LogP contribution < -0.4 is 10.0 Å². The van der Waals surface area contributed by atoms with Crippen molar-refractivity contribution in [3.63, 3.8) is 0 Å². The fraction of sp³-hybridized carbons (Fsp3) is 0.176. The van der Waals surface area contributed by atoms with E-state index in [2.05, 4.69) is 0 Å². The summed E-state index contributed by atoms with van der Waals surface area (Å²) in [6, 6.07) is 17.6. The number of hydrogen-bond donors (Lipinski definition) is 0. The Bertz CT molecular complexity index is 628. The molecule has 0 spiro atoms. The van der Waals surface area contributed by atoms with Crippen molar-refractivity contribution in [2.45, 2.75) is 6.04 Å². The van der Waals surface area contributed by atoms with Gasteiger partial charge in [0.1, 0.15) is 0 Å². The molecule has 22 heavy (non-hydrogen) atoms. The second-order valence-electron chi connectivity index (χ2n) is 5.34. The Morgan fingerprint density at radius 1 is 0.727 bits per heavy atom. The van der Waals surface area contributed by atoms with Crippen molar-refractivity contribution >= 4 is 23.2 Å². The number of nitrogens with zero attached hydrogens (tertiary/aromatic N) is 3. The van der Waals surface area contributed by atoms with Gasteiger partial charge in [-0.1, -0.05) is 36.4 Å². The average molecular weight is 295 g/mol. The van der Waals surface area contributed by atoms with Gasteiger partial charge in [-0.25, -0.2) is 10.0 Å². The highest BCUT2D eigenvalue weighted by Crippen LogP contribution is 2.30. The fourth-order valence-corrected chi connectivity index (χ4v) is 2.60. The van der Waals surface area contributed by atoms with Crippen LogP contribution in [0.1, 0.15) is 0 Å². The third-order valence-electron chi connectivity index (χ3n) is 3.60. The lowest BCUT2D eigenvalue weighted by molar-refractivity contribution is -0.127. The van der Waals surface area contributed by atoms with Crippen LogP contribution in [-0.2, 0) is 9.59 Å². The van der Waals surface area contributed by atoms with Crippen molar-refractivity contribution in [3.8, 4) is 0 Å². The van der Waals surface area contributed by atoms with Crippen LogP contribution in [0.3, 0.4) is 0 Å². The zero-order valence-electron chi connectivity index (χ0n) is 12.5. The Kier molecular flexibility index (Phi) is 3.65. The van der Waals surface area contributed by atoms with Gasteiger partial charge in [0.15, 0.2) is 6.04 Å². The molecule has 1 fully saturated rings. The molecule has 0 aliphatic carbocycles. The maximum absolute atomic E-state index is 12.8. The summed E-state index contributed by atoms with van der Waals surface area (Å²) in [5.74, 6) is -0.491. The lowest BCUT2D eigenvalue weighted by atomic mass is 10.2. The molecular formula is C17H17N3O2. The van der Waals surface area contributed by atoms with Gasteiger partial charge in [-0.05, 0) is 38.4 Å². The predicted octanol–water partition coefficient (Wildman–Crippen LogP) is 1.91. The summed E-state index contributed by atoms with van der Waals surface area (Å²) in [7, 11) is 3.47. The molecule has 2 aromatic rings. The van der Waals surface area contributed by atoms with Crippen LogP contribution >= 0.6 is 0 Å². The maximum Gasteiger partial charge on any atom is 0.273 e. The Hall–Kier alpha value is -2.66. The molecule has 1 aliphatic rings. The second-order valence-corrected chi connectivity index (χ2v) is 5.34. The molecular weight excluding hydrogens is 278 g/mol. The van der Waals surface area contributed by atoms with Gasteiger partial charge in [-0.2, -0.15) is 0 Å². The molecule has 2 aromatic carbocycles. The average Bonchev–Trinajstić information content (AvgIpc) is 2.80. The third kappa shape index (κ3) is 2.25. The number of carbonyl (C=O) groups is 2. The van der Waals surface area contributed by atoms with Gasteiger partial charge >= 0.3 is 0 Å². The molecule has 0 saturated carbocycles. The first-order chi connectivity index (χ1) is 10.6. The smallest absolute Gasteiger partial charge is 0.273 e. The van der Waals surface area contributed by atoms with E-state index in [1.807, 2.05) is 60.7 Å². The Labute approximate surface area is 129 Å². The minimum atomic E-state index is -0.805. The maximum atomic E-state index is 12.8. The Balaban J connectivity index is 2.11. The molecule has 2 amide bonds. The number of benzene rings is 2. The number of likely N-dealkylation sites (N-methyl/N-ethyl adjacent to an activating group) is 1. The second kappa shape index (κ2) is 5.61. The lowest BCUT2D eigenvalue weighted by Gasteiger charge is -2.27. The summed E-state index contributed by atoms with van der Waals surface area (Å²) in [4.78, 5) is 27.2. The first-order valence-corrected chi connectivity index (χ1v) is 7.05. The minimum Gasteiger partial charge on any atom is -0.290 e. The Morgan fingerprint density at radius 3 is 1.41 bits per heavy atom. The zero-order valence-corrected chi connectivity index (χ0v) is 12.5. The molecule has 1 aliphatic heterocycles. The number of hydrogen-bond acceptors (Lipinski definition) is 3. The van der Waals surface area contributed by atoms with Crippen LogP contribution in [0.2, 0.25) is 0 Å². The molecule has 0 radical (unpaired) electrons. The lowest BCUT2D eigenvalue weighted by Crippen LogP contribution is -2.41. The topological polar surface area (TPSA) is 43.9 Å². The fourth-order valence-electron chi connectivity index (χ4n) is 2.60. The molecule has 3 rings (SSSR count). The van der Waals surface area contributed by atoms with Crippen molar-refractivity contribution in [2.24, 2.45) is 0 Å². The van der Waals surface area contributed by atoms with E-state index in [4.69, 9.17) is 0 Å². The van der Waals surface area contributed by atoms with Crippen molar-refractivity contribution < 1.29 is 9.59 Å². The number of anilines is 2. The molecule has 0 N–H and O–H groups in total. The van der Waals surface area contributed by atoms with Gasteiger partial charge in [0.05, 0.1) is 11.4 Å². The predicted molar refractivity (Wildman–Crippen MR) is 85.3 cm³/mol. The molecule has 0 aromatic heterocycles. The quantitative estimate of drug-likeness (QED) is 0.813. The highest BCUT2D eigenvalue weighted by atomic mass is 16.2. The highest BCUT2D eigenvalue weighted by molar-refractivity contribution is 6.25. The van der Waals surface area contributed by atoms with E-state index in [1.54, 1.807) is 19.0 Å². The van der Waals surface area contributed by atoms with E-state index in [0.29, 0.717) is 11.4 Å². The van der Waals surface area contributed by atoms with E-state index >= 15 is 0 Å². The largest absolute Gasteiger partial charge is 0.290 e. The van der Waals surface area contributed by atoms with Gasteiger partial charge in [-0.15, -0.1) is 0 Å². The number of rotatable bonds is 3. The summed E-state index contributed by atoms with van der Waals surface area (Å²) in [6.07, 6.45) is 0. The molecule has 0 atom stereocenters. The molecule has 0 unspecified atom stereocenters. The van der Waals surface area contributed by atoms with Gasteiger partial charge in [0, 0.05) is 0 Å². The van der Waals surface area contributed by atoms with Crippen LogP contribution in [0.15, 0.2) is 60.7 Å². The molecule has 5 heteroatoms. The van der Waals surface area contributed by atoms with Crippen LogP contribution in [0.4, 0.5) is 11.4 Å². The molecule has 1 heterocycles. The summed E-state index contributed by atoms with van der Waals surface area (Å²) in [5, 5.41) is 2.89. The SMILES string of the molecule is CN(C)C1C(=O)N(c2ccccc2)N(c2ccccc2)C1=O. The van der Waals surface area contributed by atoms with Crippen molar-refractivity contribution in [1.82, 2.24) is 4.90 Å². The normalized spacial score (nSPS) is 16.0. The minimum absolute atomic E-state index is 0.245. The number of carbonyl (C=O) groups excluding carboxylic acids is 2. The van der Waals surface area contributed by atoms with Crippen molar-refractivity contribution in [2.75, 3.05) is 24.1 Å². The molecule has 1 saturated heterocycles. The van der Waals surface area contributed by atoms with Gasteiger partial charge < -0.3 is 0 Å². The van der Waals surface area contributed by atoms with Crippen LogP contribution in [0.5, 0.6) is 0 Å². The van der Waals surface area contributed by atoms with Crippen LogP contribution in [0, 0.1) is 0 Å². The summed E-state index contributed by atoms with van der Waals surface area (Å²) in [6.45, 7) is 0. The van der Waals surface area contributed by atoms with Gasteiger partial charge in [0.2, 0.25) is 0 Å². The van der Waals surface area contributed by atoms with Crippen molar-refractivity contribution in [1.29, 1.82) is 0 Å². The molecule has 112 valence electrons.